The number of aromatic nitrogens is 5. The van der Waals surface area contributed by atoms with E-state index < -0.39 is 0 Å². The van der Waals surface area contributed by atoms with Crippen molar-refractivity contribution in [3.63, 3.8) is 0 Å². The molecule has 0 N–H and O–H groups in total. The van der Waals surface area contributed by atoms with Crippen molar-refractivity contribution in [3.05, 3.63) is 187 Å². The molecule has 7 heteroatoms. The number of aryl methyl sites for hydroxylation is 2. The Balaban J connectivity index is 0.00000445. The summed E-state index contributed by atoms with van der Waals surface area (Å²) in [6, 6.07) is 60.3. The first-order chi connectivity index (χ1) is 29.2. The topological polar surface area (TPSA) is 49.8 Å². The normalized spacial score (nSPS) is 11.9. The number of imidazole rings is 1. The minimum atomic E-state index is -0.171. The van der Waals surface area contributed by atoms with Crippen LogP contribution in [-0.2, 0) is 26.5 Å². The summed E-state index contributed by atoms with van der Waals surface area (Å²) in [6.45, 7) is 11.0. The molecule has 4 aromatic heterocycles. The molecule has 0 aliphatic rings. The van der Waals surface area contributed by atoms with Gasteiger partial charge in [-0.1, -0.05) is 123 Å². The van der Waals surface area contributed by atoms with Gasteiger partial charge in [0.15, 0.2) is 0 Å². The van der Waals surface area contributed by atoms with E-state index in [1.54, 1.807) is 0 Å². The number of benzene rings is 7. The van der Waals surface area contributed by atoms with Crippen molar-refractivity contribution in [2.75, 3.05) is 0 Å². The summed E-state index contributed by atoms with van der Waals surface area (Å²) in [4.78, 5) is 10.2. The van der Waals surface area contributed by atoms with Gasteiger partial charge in [-0.2, -0.15) is 6.07 Å². The van der Waals surface area contributed by atoms with E-state index in [1.165, 1.54) is 32.9 Å². The van der Waals surface area contributed by atoms with Gasteiger partial charge >= 0.3 is 21.1 Å². The van der Waals surface area contributed by atoms with E-state index in [9.17, 15) is 0 Å². The van der Waals surface area contributed by atoms with Crippen molar-refractivity contribution in [1.82, 2.24) is 23.7 Å². The molecule has 0 bridgehead atoms. The summed E-state index contributed by atoms with van der Waals surface area (Å²) in [7, 11) is 0. The first-order valence-electron chi connectivity index (χ1n) is 20.4. The fraction of sp³-hybridized carbons (Fsp3) is 0.111. The third-order valence-corrected chi connectivity index (χ3v) is 11.7. The van der Waals surface area contributed by atoms with Crippen LogP contribution in [0.15, 0.2) is 158 Å². The molecule has 0 amide bonds. The molecular weight excluding hydrogens is 930 g/mol. The molecule has 0 unspecified atom stereocenters. The molecule has 11 aromatic rings. The van der Waals surface area contributed by atoms with Gasteiger partial charge in [0.1, 0.15) is 5.82 Å². The standard InChI is InChI=1S/C54H41N5O.Pt/c1-34-15-13-20-44-45-21-14-16-35(2)52(45)58(51(34)44)39-27-28-55-50(32-39)59-47-23-11-9-19-42(47)43-26-25-40(33-49(43)59)60-41-30-36(29-37(31-41)54(3,4)5)53-56-46-22-10-12-24-48(46)57(53)38-17-7-6-8-18-38;/h6-29,31-32H,1-5H3;/q-2;+2. The van der Waals surface area contributed by atoms with E-state index in [1.807, 2.05) is 24.4 Å². The van der Waals surface area contributed by atoms with Gasteiger partial charge in [-0.05, 0) is 72.2 Å². The molecule has 0 atom stereocenters. The van der Waals surface area contributed by atoms with Crippen molar-refractivity contribution in [2.45, 2.75) is 40.0 Å². The molecular formula is C54H41N5OPt. The van der Waals surface area contributed by atoms with E-state index in [2.05, 4.69) is 194 Å². The van der Waals surface area contributed by atoms with Crippen LogP contribution in [0.4, 0.5) is 0 Å². The average molecular weight is 971 g/mol. The van der Waals surface area contributed by atoms with Gasteiger partial charge in [-0.3, -0.25) is 4.98 Å². The Bertz CT molecular complexity index is 3420. The predicted molar refractivity (Wildman–Crippen MR) is 245 cm³/mol. The van der Waals surface area contributed by atoms with Crippen LogP contribution in [0, 0.1) is 26.0 Å². The molecule has 0 saturated heterocycles. The Morgan fingerprint density at radius 1 is 0.541 bits per heavy atom. The Labute approximate surface area is 369 Å². The number of pyridine rings is 1. The fourth-order valence-corrected chi connectivity index (χ4v) is 8.87. The summed E-state index contributed by atoms with van der Waals surface area (Å²) in [6.07, 6.45) is 1.91. The van der Waals surface area contributed by atoms with Crippen molar-refractivity contribution in [3.8, 4) is 40.1 Å². The molecule has 0 aliphatic heterocycles. The predicted octanol–water partition coefficient (Wildman–Crippen LogP) is 13.6. The average Bonchev–Trinajstić information content (AvgIpc) is 3.93. The third kappa shape index (κ3) is 6.36. The molecule has 298 valence electrons. The number of nitrogens with zero attached hydrogens (tertiary/aromatic N) is 5. The molecule has 0 saturated carbocycles. The second kappa shape index (κ2) is 14.8. The van der Waals surface area contributed by atoms with Gasteiger partial charge in [-0.15, -0.1) is 34.7 Å². The molecule has 6 nitrogen and oxygen atoms in total. The molecule has 0 spiro atoms. The minimum absolute atomic E-state index is 0. The van der Waals surface area contributed by atoms with Gasteiger partial charge in [-0.25, -0.2) is 4.98 Å². The monoisotopic (exact) mass is 970 g/mol. The number of para-hydroxylation sites is 6. The molecule has 0 fully saturated rings. The molecule has 4 heterocycles. The van der Waals surface area contributed by atoms with Crippen LogP contribution in [0.3, 0.4) is 0 Å². The molecule has 0 radical (unpaired) electrons. The maximum absolute atomic E-state index is 6.81. The molecule has 61 heavy (non-hydrogen) atoms. The summed E-state index contributed by atoms with van der Waals surface area (Å²) in [5, 5.41) is 4.67. The number of ether oxygens (including phenoxy) is 1. The Kier molecular flexibility index (Phi) is 9.30. The van der Waals surface area contributed by atoms with Crippen molar-refractivity contribution >= 4 is 54.6 Å². The fourth-order valence-electron chi connectivity index (χ4n) is 8.87. The first-order valence-corrected chi connectivity index (χ1v) is 20.4. The zero-order valence-corrected chi connectivity index (χ0v) is 36.7. The maximum atomic E-state index is 6.81. The van der Waals surface area contributed by atoms with Crippen LogP contribution in [0.25, 0.3) is 83.2 Å². The van der Waals surface area contributed by atoms with E-state index in [0.29, 0.717) is 11.5 Å². The minimum Gasteiger partial charge on any atom is -0.503 e. The number of rotatable bonds is 6. The summed E-state index contributed by atoms with van der Waals surface area (Å²) >= 11 is 0. The van der Waals surface area contributed by atoms with E-state index in [4.69, 9.17) is 14.7 Å². The third-order valence-electron chi connectivity index (χ3n) is 11.7. The summed E-state index contributed by atoms with van der Waals surface area (Å²) in [5.41, 5.74) is 12.6. The van der Waals surface area contributed by atoms with E-state index in [-0.39, 0.29) is 26.5 Å². The molecule has 11 rings (SSSR count). The SMILES string of the molecule is Cc1cccc2c3cccc(C)c3n(-c3ccnc(-n4c5[c-]c(Oc6[c-]c(-c7nc8ccccc8n7-c7ccccc7)cc(C(C)(C)C)c6)ccc5c5ccccc54)c3)c12.[Pt+2]. The zero-order chi connectivity index (χ0) is 40.7. The van der Waals surface area contributed by atoms with Crippen LogP contribution in [0.2, 0.25) is 0 Å². The van der Waals surface area contributed by atoms with E-state index in [0.717, 1.165) is 67.0 Å². The van der Waals surface area contributed by atoms with Gasteiger partial charge in [0.25, 0.3) is 0 Å². The number of hydrogen-bond acceptors (Lipinski definition) is 3. The van der Waals surface area contributed by atoms with Gasteiger partial charge in [0.05, 0.1) is 33.6 Å². The summed E-state index contributed by atoms with van der Waals surface area (Å²) in [5.74, 6) is 2.78. The first kappa shape index (κ1) is 38.5. The Morgan fingerprint density at radius 3 is 1.95 bits per heavy atom. The smallest absolute Gasteiger partial charge is 0.503 e. The van der Waals surface area contributed by atoms with Crippen molar-refractivity contribution < 1.29 is 25.8 Å². The van der Waals surface area contributed by atoms with Gasteiger partial charge < -0.3 is 18.4 Å². The summed E-state index contributed by atoms with van der Waals surface area (Å²) < 4.78 is 13.6. The van der Waals surface area contributed by atoms with Crippen LogP contribution in [0.5, 0.6) is 11.5 Å². The van der Waals surface area contributed by atoms with Gasteiger partial charge in [0, 0.05) is 45.7 Å². The van der Waals surface area contributed by atoms with Crippen LogP contribution in [0.1, 0.15) is 37.5 Å². The largest absolute Gasteiger partial charge is 2.00 e. The molecule has 7 aromatic carbocycles. The Morgan fingerprint density at radius 2 is 1.21 bits per heavy atom. The van der Waals surface area contributed by atoms with Crippen molar-refractivity contribution in [2.24, 2.45) is 0 Å². The van der Waals surface area contributed by atoms with Crippen LogP contribution in [-0.4, -0.2) is 23.7 Å². The van der Waals surface area contributed by atoms with E-state index >= 15 is 0 Å². The maximum Gasteiger partial charge on any atom is 2.00 e. The number of hydrogen-bond donors (Lipinski definition) is 0. The van der Waals surface area contributed by atoms with Gasteiger partial charge in [0.2, 0.25) is 0 Å². The van der Waals surface area contributed by atoms with Crippen LogP contribution >= 0.6 is 0 Å². The number of fused-ring (bicyclic) bond motifs is 7. The second-order valence-corrected chi connectivity index (χ2v) is 16.7. The second-order valence-electron chi connectivity index (χ2n) is 16.7. The quantitative estimate of drug-likeness (QED) is 0.156. The zero-order valence-electron chi connectivity index (χ0n) is 34.5. The van der Waals surface area contributed by atoms with Crippen LogP contribution < -0.4 is 4.74 Å². The Hall–Kier alpha value is -6.75. The van der Waals surface area contributed by atoms with Crippen molar-refractivity contribution in [1.29, 1.82) is 0 Å². The molecule has 0 aliphatic carbocycles.